The minimum Gasteiger partial charge on any atom is -0.494 e. The fraction of sp³-hybridized carbons (Fsp3) is 0.500. The van der Waals surface area contributed by atoms with Crippen molar-refractivity contribution in [2.24, 2.45) is 5.92 Å². The minimum atomic E-state index is -0.488. The molecule has 1 aliphatic rings. The van der Waals surface area contributed by atoms with E-state index in [2.05, 4.69) is 5.32 Å². The molecule has 0 aromatic heterocycles. The Morgan fingerprint density at radius 2 is 2.29 bits per heavy atom. The van der Waals surface area contributed by atoms with Crippen molar-refractivity contribution in [2.75, 3.05) is 24.7 Å². The number of methoxy groups -OCH3 is 1. The molecule has 1 aromatic rings. The summed E-state index contributed by atoms with van der Waals surface area (Å²) in [5.41, 5.74) is 6.58. The second kappa shape index (κ2) is 4.79. The van der Waals surface area contributed by atoms with Crippen molar-refractivity contribution in [1.82, 2.24) is 0 Å². The van der Waals surface area contributed by atoms with E-state index in [-0.39, 0.29) is 11.9 Å². The van der Waals surface area contributed by atoms with Gasteiger partial charge in [0.15, 0.2) is 11.6 Å². The van der Waals surface area contributed by atoms with E-state index in [0.717, 1.165) is 12.8 Å². The summed E-state index contributed by atoms with van der Waals surface area (Å²) in [6, 6.07) is 2.72. The Morgan fingerprint density at radius 3 is 2.88 bits per heavy atom. The first-order valence-corrected chi connectivity index (χ1v) is 5.66. The molecule has 0 radical (unpaired) electrons. The number of hydrogen-bond donors (Lipinski definition) is 3. The number of nitrogen functional groups attached to an aromatic ring is 1. The fourth-order valence-electron chi connectivity index (χ4n) is 1.74. The molecule has 17 heavy (non-hydrogen) atoms. The Bertz CT molecular complexity index is 408. The highest BCUT2D eigenvalue weighted by molar-refractivity contribution is 5.68. The molecule has 2 rings (SSSR count). The first-order valence-electron chi connectivity index (χ1n) is 5.66. The third kappa shape index (κ3) is 2.79. The molecule has 1 atom stereocenters. The smallest absolute Gasteiger partial charge is 0.167 e. The first kappa shape index (κ1) is 12.0. The van der Waals surface area contributed by atoms with E-state index in [1.807, 2.05) is 0 Å². The molecule has 1 fully saturated rings. The predicted octanol–water partition coefficient (Wildman–Crippen LogP) is 1.60. The topological polar surface area (TPSA) is 67.5 Å². The molecule has 0 amide bonds. The Morgan fingerprint density at radius 1 is 1.59 bits per heavy atom. The highest BCUT2D eigenvalue weighted by atomic mass is 19.1. The maximum absolute atomic E-state index is 13.3. The fourth-order valence-corrected chi connectivity index (χ4v) is 1.74. The molecule has 0 heterocycles. The largest absolute Gasteiger partial charge is 0.494 e. The zero-order chi connectivity index (χ0) is 12.4. The van der Waals surface area contributed by atoms with Crippen molar-refractivity contribution in [3.8, 4) is 5.75 Å². The van der Waals surface area contributed by atoms with E-state index in [9.17, 15) is 9.50 Å². The molecule has 0 saturated heterocycles. The lowest BCUT2D eigenvalue weighted by Gasteiger charge is -2.14. The molecular formula is C12H17FN2O2. The summed E-state index contributed by atoms with van der Waals surface area (Å²) in [5.74, 6) is 0.0481. The average molecular weight is 240 g/mol. The van der Waals surface area contributed by atoms with E-state index in [1.165, 1.54) is 19.2 Å². The molecule has 5 heteroatoms. The summed E-state index contributed by atoms with van der Waals surface area (Å²) >= 11 is 0. The number of ether oxygens (including phenoxy) is 1. The van der Waals surface area contributed by atoms with Crippen LogP contribution in [0.5, 0.6) is 5.75 Å². The van der Waals surface area contributed by atoms with Gasteiger partial charge in [0.1, 0.15) is 0 Å². The average Bonchev–Trinajstić information content (AvgIpc) is 3.11. The van der Waals surface area contributed by atoms with Crippen LogP contribution in [0.2, 0.25) is 0 Å². The Kier molecular flexibility index (Phi) is 3.38. The van der Waals surface area contributed by atoms with Crippen molar-refractivity contribution in [3.05, 3.63) is 17.9 Å². The summed E-state index contributed by atoms with van der Waals surface area (Å²) in [7, 11) is 1.40. The molecule has 1 saturated carbocycles. The molecule has 1 aliphatic carbocycles. The number of aliphatic hydroxyl groups is 1. The second-order valence-corrected chi connectivity index (χ2v) is 4.36. The predicted molar refractivity (Wildman–Crippen MR) is 64.6 cm³/mol. The van der Waals surface area contributed by atoms with Crippen LogP contribution in [-0.2, 0) is 0 Å². The summed E-state index contributed by atoms with van der Waals surface area (Å²) in [5, 5.41) is 12.7. The summed E-state index contributed by atoms with van der Waals surface area (Å²) in [6.07, 6.45) is 1.78. The van der Waals surface area contributed by atoms with Gasteiger partial charge in [0.05, 0.1) is 24.6 Å². The number of nitrogens with one attached hydrogen (secondary N) is 1. The number of anilines is 2. The Labute approximate surface area is 99.6 Å². The number of hydrogen-bond acceptors (Lipinski definition) is 4. The standard InChI is InChI=1S/C12H17FN2O2/c1-17-12-5-10(9(14)4-8(12)13)15-6-11(16)7-2-3-7/h4-5,7,11,15-16H,2-3,6,14H2,1H3. The van der Waals surface area contributed by atoms with Crippen LogP contribution in [0, 0.1) is 11.7 Å². The van der Waals surface area contributed by atoms with Crippen LogP contribution in [0.15, 0.2) is 12.1 Å². The third-order valence-electron chi connectivity index (χ3n) is 2.99. The molecule has 0 aliphatic heterocycles. The van der Waals surface area contributed by atoms with E-state index < -0.39 is 5.82 Å². The van der Waals surface area contributed by atoms with Gasteiger partial charge in [-0.05, 0) is 18.8 Å². The van der Waals surface area contributed by atoms with Crippen molar-refractivity contribution >= 4 is 11.4 Å². The van der Waals surface area contributed by atoms with Crippen LogP contribution in [0.25, 0.3) is 0 Å². The van der Waals surface area contributed by atoms with Crippen LogP contribution in [0.4, 0.5) is 15.8 Å². The van der Waals surface area contributed by atoms with Crippen LogP contribution in [0.3, 0.4) is 0 Å². The van der Waals surface area contributed by atoms with Gasteiger partial charge in [0.2, 0.25) is 0 Å². The van der Waals surface area contributed by atoms with Gasteiger partial charge in [0, 0.05) is 18.7 Å². The lowest BCUT2D eigenvalue weighted by Crippen LogP contribution is -2.21. The first-order chi connectivity index (χ1) is 8.11. The van der Waals surface area contributed by atoms with Gasteiger partial charge in [-0.3, -0.25) is 0 Å². The molecular weight excluding hydrogens is 223 g/mol. The van der Waals surface area contributed by atoms with E-state index in [4.69, 9.17) is 10.5 Å². The SMILES string of the molecule is COc1cc(NCC(O)C2CC2)c(N)cc1F. The lowest BCUT2D eigenvalue weighted by molar-refractivity contribution is 0.164. The van der Waals surface area contributed by atoms with Gasteiger partial charge in [-0.2, -0.15) is 0 Å². The zero-order valence-corrected chi connectivity index (χ0v) is 9.74. The van der Waals surface area contributed by atoms with E-state index >= 15 is 0 Å². The van der Waals surface area contributed by atoms with Crippen molar-refractivity contribution in [3.63, 3.8) is 0 Å². The van der Waals surface area contributed by atoms with Crippen LogP contribution >= 0.6 is 0 Å². The summed E-state index contributed by atoms with van der Waals surface area (Å²) in [4.78, 5) is 0. The number of benzene rings is 1. The third-order valence-corrected chi connectivity index (χ3v) is 2.99. The van der Waals surface area contributed by atoms with Gasteiger partial charge >= 0.3 is 0 Å². The molecule has 0 bridgehead atoms. The molecule has 1 aromatic carbocycles. The Balaban J connectivity index is 2.03. The Hall–Kier alpha value is -1.49. The quantitative estimate of drug-likeness (QED) is 0.684. The van der Waals surface area contributed by atoms with Gasteiger partial charge in [-0.15, -0.1) is 0 Å². The molecule has 1 unspecified atom stereocenters. The zero-order valence-electron chi connectivity index (χ0n) is 9.74. The molecule has 4 N–H and O–H groups in total. The van der Waals surface area contributed by atoms with Crippen molar-refractivity contribution < 1.29 is 14.2 Å². The monoisotopic (exact) mass is 240 g/mol. The van der Waals surface area contributed by atoms with Crippen LogP contribution < -0.4 is 15.8 Å². The number of rotatable bonds is 5. The molecule has 4 nitrogen and oxygen atoms in total. The van der Waals surface area contributed by atoms with E-state index in [1.54, 1.807) is 0 Å². The van der Waals surface area contributed by atoms with Crippen molar-refractivity contribution in [1.29, 1.82) is 0 Å². The van der Waals surface area contributed by atoms with Gasteiger partial charge < -0.3 is 20.9 Å². The van der Waals surface area contributed by atoms with Gasteiger partial charge in [0.25, 0.3) is 0 Å². The number of nitrogens with two attached hydrogens (primary N) is 1. The highest BCUT2D eigenvalue weighted by Gasteiger charge is 2.29. The second-order valence-electron chi connectivity index (χ2n) is 4.36. The number of aliphatic hydroxyl groups excluding tert-OH is 1. The molecule has 0 spiro atoms. The lowest BCUT2D eigenvalue weighted by atomic mass is 10.2. The van der Waals surface area contributed by atoms with Gasteiger partial charge in [-0.25, -0.2) is 4.39 Å². The maximum atomic E-state index is 13.3. The number of halogens is 1. The highest BCUT2D eigenvalue weighted by Crippen LogP contribution is 2.33. The minimum absolute atomic E-state index is 0.141. The van der Waals surface area contributed by atoms with Crippen LogP contribution in [-0.4, -0.2) is 24.9 Å². The van der Waals surface area contributed by atoms with Gasteiger partial charge in [-0.1, -0.05) is 0 Å². The summed E-state index contributed by atoms with van der Waals surface area (Å²) in [6.45, 7) is 0.420. The van der Waals surface area contributed by atoms with Crippen molar-refractivity contribution in [2.45, 2.75) is 18.9 Å². The maximum Gasteiger partial charge on any atom is 0.167 e. The summed E-state index contributed by atoms with van der Waals surface area (Å²) < 4.78 is 18.2. The van der Waals surface area contributed by atoms with Crippen LogP contribution in [0.1, 0.15) is 12.8 Å². The van der Waals surface area contributed by atoms with E-state index in [0.29, 0.717) is 23.8 Å². The normalized spacial score (nSPS) is 16.6. The molecule has 94 valence electrons.